The van der Waals surface area contributed by atoms with E-state index in [0.29, 0.717) is 11.5 Å². The number of thiazole rings is 1. The van der Waals surface area contributed by atoms with Gasteiger partial charge in [0.15, 0.2) is 11.5 Å². The van der Waals surface area contributed by atoms with Gasteiger partial charge in [-0.3, -0.25) is 4.79 Å². The molecule has 4 bridgehead atoms. The highest BCUT2D eigenvalue weighted by Crippen LogP contribution is 2.60. The van der Waals surface area contributed by atoms with Crippen LogP contribution in [0.1, 0.15) is 44.2 Å². The highest BCUT2D eigenvalue weighted by Gasteiger charge is 2.55. The third kappa shape index (κ3) is 3.31. The summed E-state index contributed by atoms with van der Waals surface area (Å²) < 4.78 is 16.7. The number of carbonyl (C=O) groups is 1. The number of rotatable bonds is 6. The standard InChI is InChI=1S/C23H27NO4S/c1-26-19-5-3-4-18(20(19)27-2)21-24-17(13-29-21)12-28-22(25)23-9-14-6-15(10-23)8-16(7-14)11-23/h3-5,13-16H,6-12H2,1-2H3. The van der Waals surface area contributed by atoms with E-state index in [9.17, 15) is 4.79 Å². The summed E-state index contributed by atoms with van der Waals surface area (Å²) in [5, 5.41) is 2.79. The molecule has 2 aromatic rings. The number of carbonyl (C=O) groups excluding carboxylic acids is 1. The molecule has 6 heteroatoms. The van der Waals surface area contributed by atoms with E-state index in [-0.39, 0.29) is 18.0 Å². The SMILES string of the molecule is COc1cccc(-c2nc(COC(=O)C34CC5CC(CC(C5)C3)C4)cs2)c1OC. The van der Waals surface area contributed by atoms with Gasteiger partial charge in [0.1, 0.15) is 11.6 Å². The molecule has 0 radical (unpaired) electrons. The molecular weight excluding hydrogens is 386 g/mol. The number of hydrogen-bond donors (Lipinski definition) is 0. The summed E-state index contributed by atoms with van der Waals surface area (Å²) in [6, 6.07) is 5.75. The molecule has 6 rings (SSSR count). The highest BCUT2D eigenvalue weighted by atomic mass is 32.1. The van der Waals surface area contributed by atoms with Gasteiger partial charge in [-0.05, 0) is 68.4 Å². The first kappa shape index (κ1) is 18.9. The minimum absolute atomic E-state index is 0.00473. The molecule has 4 aliphatic rings. The summed E-state index contributed by atoms with van der Waals surface area (Å²) in [6.45, 7) is 0.239. The zero-order chi connectivity index (χ0) is 20.0. The molecule has 0 atom stereocenters. The highest BCUT2D eigenvalue weighted by molar-refractivity contribution is 7.13. The molecule has 0 spiro atoms. The van der Waals surface area contributed by atoms with Crippen molar-refractivity contribution in [3.05, 3.63) is 29.3 Å². The summed E-state index contributed by atoms with van der Waals surface area (Å²) in [7, 11) is 3.25. The van der Waals surface area contributed by atoms with E-state index in [1.807, 2.05) is 23.6 Å². The number of esters is 1. The number of ether oxygens (including phenoxy) is 3. The maximum absolute atomic E-state index is 13.0. The summed E-state index contributed by atoms with van der Waals surface area (Å²) in [5.74, 6) is 3.56. The van der Waals surface area contributed by atoms with E-state index in [0.717, 1.165) is 53.3 Å². The minimum atomic E-state index is -0.219. The van der Waals surface area contributed by atoms with Gasteiger partial charge in [-0.15, -0.1) is 11.3 Å². The van der Waals surface area contributed by atoms with Crippen LogP contribution in [0.3, 0.4) is 0 Å². The Balaban J connectivity index is 1.29. The average molecular weight is 414 g/mol. The van der Waals surface area contributed by atoms with E-state index in [4.69, 9.17) is 14.2 Å². The van der Waals surface area contributed by atoms with Crippen LogP contribution in [0.2, 0.25) is 0 Å². The number of nitrogens with zero attached hydrogens (tertiary/aromatic N) is 1. The van der Waals surface area contributed by atoms with Gasteiger partial charge in [0.05, 0.1) is 30.9 Å². The molecule has 0 amide bonds. The fourth-order valence-corrected chi connectivity index (χ4v) is 7.03. The third-order valence-corrected chi connectivity index (χ3v) is 7.93. The van der Waals surface area contributed by atoms with E-state index < -0.39 is 0 Å². The van der Waals surface area contributed by atoms with Crippen molar-refractivity contribution in [2.24, 2.45) is 23.2 Å². The zero-order valence-electron chi connectivity index (χ0n) is 17.0. The Morgan fingerprint density at radius 1 is 1.10 bits per heavy atom. The van der Waals surface area contributed by atoms with Crippen molar-refractivity contribution < 1.29 is 19.0 Å². The molecule has 0 saturated heterocycles. The Hall–Kier alpha value is -2.08. The van der Waals surface area contributed by atoms with Gasteiger partial charge in [0, 0.05) is 5.38 Å². The summed E-state index contributed by atoms with van der Waals surface area (Å²) >= 11 is 1.52. The fourth-order valence-electron chi connectivity index (χ4n) is 6.21. The molecule has 1 heterocycles. The molecule has 4 aliphatic carbocycles. The predicted molar refractivity (Wildman–Crippen MR) is 111 cm³/mol. The molecule has 1 aromatic carbocycles. The summed E-state index contributed by atoms with van der Waals surface area (Å²) in [6.07, 6.45) is 7.06. The van der Waals surface area contributed by atoms with E-state index in [2.05, 4.69) is 4.98 Å². The topological polar surface area (TPSA) is 57.7 Å². The summed E-state index contributed by atoms with van der Waals surface area (Å²) in [4.78, 5) is 17.7. The quantitative estimate of drug-likeness (QED) is 0.618. The van der Waals surface area contributed by atoms with Crippen LogP contribution in [0.5, 0.6) is 11.5 Å². The largest absolute Gasteiger partial charge is 0.493 e. The molecule has 0 aliphatic heterocycles. The van der Waals surface area contributed by atoms with Gasteiger partial charge in [-0.1, -0.05) is 6.07 Å². The predicted octanol–water partition coefficient (Wildman–Crippen LogP) is 5.09. The lowest BCUT2D eigenvalue weighted by molar-refractivity contribution is -0.173. The first-order valence-electron chi connectivity index (χ1n) is 10.4. The first-order valence-corrected chi connectivity index (χ1v) is 11.3. The molecule has 4 fully saturated rings. The number of hydrogen-bond acceptors (Lipinski definition) is 6. The Labute approximate surface area is 175 Å². The Morgan fingerprint density at radius 3 is 2.41 bits per heavy atom. The molecule has 154 valence electrons. The number of para-hydroxylation sites is 1. The van der Waals surface area contributed by atoms with Crippen LogP contribution in [-0.2, 0) is 16.1 Å². The van der Waals surface area contributed by atoms with Crippen LogP contribution in [-0.4, -0.2) is 25.2 Å². The Kier molecular flexibility index (Phi) is 4.77. The van der Waals surface area contributed by atoms with Gasteiger partial charge in [-0.2, -0.15) is 0 Å². The van der Waals surface area contributed by atoms with Crippen LogP contribution in [0.4, 0.5) is 0 Å². The van der Waals surface area contributed by atoms with Gasteiger partial charge in [0.25, 0.3) is 0 Å². The second-order valence-electron chi connectivity index (χ2n) is 8.96. The number of aromatic nitrogens is 1. The number of methoxy groups -OCH3 is 2. The minimum Gasteiger partial charge on any atom is -0.493 e. The zero-order valence-corrected chi connectivity index (χ0v) is 17.8. The van der Waals surface area contributed by atoms with E-state index >= 15 is 0 Å². The Morgan fingerprint density at radius 2 is 1.79 bits per heavy atom. The van der Waals surface area contributed by atoms with Crippen LogP contribution in [0.25, 0.3) is 10.6 Å². The van der Waals surface area contributed by atoms with Crippen molar-refractivity contribution in [3.8, 4) is 22.1 Å². The van der Waals surface area contributed by atoms with Crippen molar-refractivity contribution in [2.75, 3.05) is 14.2 Å². The molecule has 5 nitrogen and oxygen atoms in total. The second kappa shape index (κ2) is 7.31. The summed E-state index contributed by atoms with van der Waals surface area (Å²) in [5.41, 5.74) is 1.45. The lowest BCUT2D eigenvalue weighted by Crippen LogP contribution is -2.50. The average Bonchev–Trinajstić information content (AvgIpc) is 3.19. The lowest BCUT2D eigenvalue weighted by atomic mass is 9.49. The maximum Gasteiger partial charge on any atom is 0.312 e. The van der Waals surface area contributed by atoms with E-state index in [1.165, 1.54) is 30.6 Å². The smallest absolute Gasteiger partial charge is 0.312 e. The molecule has 0 unspecified atom stereocenters. The molecule has 0 N–H and O–H groups in total. The van der Waals surface area contributed by atoms with Gasteiger partial charge < -0.3 is 14.2 Å². The van der Waals surface area contributed by atoms with E-state index in [1.54, 1.807) is 14.2 Å². The molecular formula is C23H27NO4S. The van der Waals surface area contributed by atoms with Crippen molar-refractivity contribution in [2.45, 2.75) is 45.1 Å². The Bertz CT molecular complexity index is 886. The van der Waals surface area contributed by atoms with Gasteiger partial charge >= 0.3 is 5.97 Å². The van der Waals surface area contributed by atoms with Crippen molar-refractivity contribution >= 4 is 17.3 Å². The fraction of sp³-hybridized carbons (Fsp3) is 0.565. The van der Waals surface area contributed by atoms with Crippen LogP contribution in [0.15, 0.2) is 23.6 Å². The van der Waals surface area contributed by atoms with Crippen LogP contribution in [0, 0.1) is 23.2 Å². The molecule has 4 saturated carbocycles. The van der Waals surface area contributed by atoms with Crippen LogP contribution >= 0.6 is 11.3 Å². The molecule has 1 aromatic heterocycles. The second-order valence-corrected chi connectivity index (χ2v) is 9.82. The first-order chi connectivity index (χ1) is 14.1. The van der Waals surface area contributed by atoms with Gasteiger partial charge in [-0.25, -0.2) is 4.98 Å². The third-order valence-electron chi connectivity index (χ3n) is 7.01. The number of benzene rings is 1. The van der Waals surface area contributed by atoms with Gasteiger partial charge in [0.2, 0.25) is 0 Å². The monoisotopic (exact) mass is 413 g/mol. The van der Waals surface area contributed by atoms with Crippen molar-refractivity contribution in [1.29, 1.82) is 0 Å². The maximum atomic E-state index is 13.0. The van der Waals surface area contributed by atoms with Crippen LogP contribution < -0.4 is 9.47 Å². The van der Waals surface area contributed by atoms with Crippen molar-refractivity contribution in [3.63, 3.8) is 0 Å². The molecule has 29 heavy (non-hydrogen) atoms. The lowest BCUT2D eigenvalue weighted by Gasteiger charge is -2.55. The van der Waals surface area contributed by atoms with Crippen molar-refractivity contribution in [1.82, 2.24) is 4.98 Å². The normalized spacial score (nSPS) is 29.7.